The third kappa shape index (κ3) is 3.48. The number of fused-ring (bicyclic) bond motifs is 1. The molecule has 0 amide bonds. The zero-order valence-electron chi connectivity index (χ0n) is 16.6. The number of pyridine rings is 1. The molecule has 0 atom stereocenters. The lowest BCUT2D eigenvalue weighted by atomic mass is 9.84. The highest BCUT2D eigenvalue weighted by atomic mass is 16.1. The lowest BCUT2D eigenvalue weighted by molar-refractivity contribution is 0.102. The van der Waals surface area contributed by atoms with Crippen LogP contribution in [0, 0.1) is 0 Å². The molecule has 0 spiro atoms. The summed E-state index contributed by atoms with van der Waals surface area (Å²) in [5.41, 5.74) is 7.59. The van der Waals surface area contributed by atoms with E-state index in [1.54, 1.807) is 0 Å². The molecule has 1 aromatic heterocycles. The van der Waals surface area contributed by atoms with Crippen LogP contribution < -0.4 is 0 Å². The van der Waals surface area contributed by atoms with Crippen molar-refractivity contribution in [1.82, 2.24) is 4.98 Å². The SMILES string of the molecule is O=C1C(=Cc2ccccc2)CCc2c(-c3ccccc3)cc(-c3ccccc3)nc21. The van der Waals surface area contributed by atoms with Crippen LogP contribution in [0.4, 0.5) is 0 Å². The van der Waals surface area contributed by atoms with Crippen LogP contribution in [0.3, 0.4) is 0 Å². The van der Waals surface area contributed by atoms with Gasteiger partial charge >= 0.3 is 0 Å². The Hall–Kier alpha value is -3.78. The van der Waals surface area contributed by atoms with Crippen LogP contribution in [-0.2, 0) is 6.42 Å². The van der Waals surface area contributed by atoms with Gasteiger partial charge in [-0.05, 0) is 47.2 Å². The van der Waals surface area contributed by atoms with E-state index in [1.165, 1.54) is 0 Å². The van der Waals surface area contributed by atoms with Crippen LogP contribution in [-0.4, -0.2) is 10.8 Å². The molecule has 0 radical (unpaired) electrons. The van der Waals surface area contributed by atoms with Crippen LogP contribution in [0.25, 0.3) is 28.5 Å². The van der Waals surface area contributed by atoms with E-state index < -0.39 is 0 Å². The fraction of sp³-hybridized carbons (Fsp3) is 0.0714. The van der Waals surface area contributed by atoms with Crippen molar-refractivity contribution >= 4 is 11.9 Å². The maximum Gasteiger partial charge on any atom is 0.207 e. The summed E-state index contributed by atoms with van der Waals surface area (Å²) in [4.78, 5) is 18.3. The monoisotopic (exact) mass is 387 g/mol. The smallest absolute Gasteiger partial charge is 0.207 e. The number of Topliss-reactive ketones (excluding diaryl/α,β-unsaturated/α-hetero) is 1. The predicted molar refractivity (Wildman–Crippen MR) is 122 cm³/mol. The minimum Gasteiger partial charge on any atom is -0.287 e. The largest absolute Gasteiger partial charge is 0.287 e. The van der Waals surface area contributed by atoms with Gasteiger partial charge in [0.2, 0.25) is 5.78 Å². The Morgan fingerprint density at radius 2 is 1.30 bits per heavy atom. The number of aromatic nitrogens is 1. The second kappa shape index (κ2) is 7.92. The number of ketones is 1. The molecule has 0 saturated carbocycles. The number of carbonyl (C=O) groups is 1. The van der Waals surface area contributed by atoms with Crippen molar-refractivity contribution in [3.8, 4) is 22.4 Å². The van der Waals surface area contributed by atoms with Gasteiger partial charge in [-0.15, -0.1) is 0 Å². The second-order valence-electron chi connectivity index (χ2n) is 7.52. The normalized spacial score (nSPS) is 14.5. The van der Waals surface area contributed by atoms with E-state index in [1.807, 2.05) is 84.9 Å². The van der Waals surface area contributed by atoms with Crippen LogP contribution in [0.2, 0.25) is 0 Å². The number of hydrogen-bond donors (Lipinski definition) is 0. The van der Waals surface area contributed by atoms with Gasteiger partial charge in [0.1, 0.15) is 5.69 Å². The Morgan fingerprint density at radius 1 is 0.700 bits per heavy atom. The van der Waals surface area contributed by atoms with Crippen molar-refractivity contribution in [1.29, 1.82) is 0 Å². The minimum atomic E-state index is 0.0371. The Balaban J connectivity index is 1.67. The van der Waals surface area contributed by atoms with Gasteiger partial charge in [-0.3, -0.25) is 4.79 Å². The van der Waals surface area contributed by atoms with Crippen molar-refractivity contribution < 1.29 is 4.79 Å². The van der Waals surface area contributed by atoms with Crippen LogP contribution in [0.15, 0.2) is 103 Å². The summed E-state index contributed by atoms with van der Waals surface area (Å²) in [5, 5.41) is 0. The van der Waals surface area contributed by atoms with Gasteiger partial charge in [0.05, 0.1) is 5.69 Å². The van der Waals surface area contributed by atoms with Crippen LogP contribution in [0.1, 0.15) is 28.0 Å². The molecule has 2 nitrogen and oxygen atoms in total. The van der Waals surface area contributed by atoms with Gasteiger partial charge in [0, 0.05) is 11.1 Å². The van der Waals surface area contributed by atoms with Crippen molar-refractivity contribution in [2.45, 2.75) is 12.8 Å². The molecule has 0 aliphatic heterocycles. The molecule has 0 fully saturated rings. The topological polar surface area (TPSA) is 30.0 Å². The molecule has 1 heterocycles. The summed E-state index contributed by atoms with van der Waals surface area (Å²) in [6.07, 6.45) is 3.54. The molecular weight excluding hydrogens is 366 g/mol. The summed E-state index contributed by atoms with van der Waals surface area (Å²) < 4.78 is 0. The van der Waals surface area contributed by atoms with Gasteiger partial charge in [-0.25, -0.2) is 4.98 Å². The van der Waals surface area contributed by atoms with Crippen LogP contribution >= 0.6 is 0 Å². The number of allylic oxidation sites excluding steroid dienone is 1. The van der Waals surface area contributed by atoms with Gasteiger partial charge in [-0.2, -0.15) is 0 Å². The third-order valence-electron chi connectivity index (χ3n) is 5.57. The first kappa shape index (κ1) is 18.3. The molecule has 1 aliphatic rings. The highest BCUT2D eigenvalue weighted by Crippen LogP contribution is 2.36. The first-order valence-corrected chi connectivity index (χ1v) is 10.2. The van der Waals surface area contributed by atoms with Crippen molar-refractivity contribution in [3.63, 3.8) is 0 Å². The quantitative estimate of drug-likeness (QED) is 0.369. The lowest BCUT2D eigenvalue weighted by Gasteiger charge is -2.21. The molecule has 30 heavy (non-hydrogen) atoms. The first-order chi connectivity index (χ1) is 14.8. The zero-order valence-corrected chi connectivity index (χ0v) is 16.6. The summed E-state index contributed by atoms with van der Waals surface area (Å²) in [6.45, 7) is 0. The fourth-order valence-corrected chi connectivity index (χ4v) is 4.06. The van der Waals surface area contributed by atoms with E-state index in [0.29, 0.717) is 5.69 Å². The van der Waals surface area contributed by atoms with Crippen molar-refractivity contribution in [2.75, 3.05) is 0 Å². The van der Waals surface area contributed by atoms with E-state index in [4.69, 9.17) is 4.98 Å². The average Bonchev–Trinajstić information content (AvgIpc) is 2.82. The van der Waals surface area contributed by atoms with E-state index >= 15 is 0 Å². The summed E-state index contributed by atoms with van der Waals surface area (Å²) in [7, 11) is 0. The average molecular weight is 387 g/mol. The Kier molecular flexibility index (Phi) is 4.82. The zero-order chi connectivity index (χ0) is 20.3. The molecule has 0 saturated heterocycles. The molecule has 3 aromatic carbocycles. The number of nitrogens with zero attached hydrogens (tertiary/aromatic N) is 1. The molecule has 144 valence electrons. The Bertz CT molecular complexity index is 1230. The van der Waals surface area contributed by atoms with E-state index in [0.717, 1.165) is 51.9 Å². The van der Waals surface area contributed by atoms with Gasteiger partial charge < -0.3 is 0 Å². The molecule has 0 unspecified atom stereocenters. The molecule has 2 heteroatoms. The number of rotatable bonds is 3. The summed E-state index contributed by atoms with van der Waals surface area (Å²) in [6, 6.07) is 32.5. The Labute approximate surface area is 176 Å². The van der Waals surface area contributed by atoms with E-state index in [9.17, 15) is 4.79 Å². The lowest BCUT2D eigenvalue weighted by Crippen LogP contribution is -2.18. The van der Waals surface area contributed by atoms with E-state index in [2.05, 4.69) is 18.2 Å². The molecule has 1 aliphatic carbocycles. The minimum absolute atomic E-state index is 0.0371. The summed E-state index contributed by atoms with van der Waals surface area (Å²) in [5.74, 6) is 0.0371. The van der Waals surface area contributed by atoms with Gasteiger partial charge in [0.15, 0.2) is 0 Å². The number of benzene rings is 3. The maximum absolute atomic E-state index is 13.5. The van der Waals surface area contributed by atoms with Crippen LogP contribution in [0.5, 0.6) is 0 Å². The van der Waals surface area contributed by atoms with E-state index in [-0.39, 0.29) is 5.78 Å². The molecule has 4 aromatic rings. The predicted octanol–water partition coefficient (Wildman–Crippen LogP) is 6.63. The first-order valence-electron chi connectivity index (χ1n) is 10.2. The fourth-order valence-electron chi connectivity index (χ4n) is 4.06. The van der Waals surface area contributed by atoms with Gasteiger partial charge in [0.25, 0.3) is 0 Å². The molecule has 0 N–H and O–H groups in total. The van der Waals surface area contributed by atoms with Gasteiger partial charge in [-0.1, -0.05) is 91.0 Å². The maximum atomic E-state index is 13.5. The summed E-state index contributed by atoms with van der Waals surface area (Å²) >= 11 is 0. The van der Waals surface area contributed by atoms with Crippen molar-refractivity contribution in [2.24, 2.45) is 0 Å². The highest BCUT2D eigenvalue weighted by molar-refractivity contribution is 6.13. The number of hydrogen-bond acceptors (Lipinski definition) is 2. The highest BCUT2D eigenvalue weighted by Gasteiger charge is 2.27. The van der Waals surface area contributed by atoms with Crippen molar-refractivity contribution in [3.05, 3.63) is 119 Å². The second-order valence-corrected chi connectivity index (χ2v) is 7.52. The molecule has 5 rings (SSSR count). The number of carbonyl (C=O) groups excluding carboxylic acids is 1. The molecular formula is C28H21NO. The molecule has 0 bridgehead atoms. The standard InChI is InChI=1S/C28H21NO/c30-28-23(18-20-10-4-1-5-11-20)16-17-24-25(21-12-6-2-7-13-21)19-26(29-27(24)28)22-14-8-3-9-15-22/h1-15,18-19H,16-17H2. The third-order valence-corrected chi connectivity index (χ3v) is 5.57. The Morgan fingerprint density at radius 3 is 1.97 bits per heavy atom.